The second-order valence-corrected chi connectivity index (χ2v) is 5.40. The zero-order valence-corrected chi connectivity index (χ0v) is 13.4. The molecule has 1 aromatic rings. The van der Waals surface area contributed by atoms with Crippen molar-refractivity contribution in [3.8, 4) is 5.75 Å². The summed E-state index contributed by atoms with van der Waals surface area (Å²) in [6.45, 7) is 0. The van der Waals surface area contributed by atoms with Gasteiger partial charge in [-0.25, -0.2) is 0 Å². The number of thiocarbonyl (C=S) groups is 1. The van der Waals surface area contributed by atoms with Crippen LogP contribution in [-0.4, -0.2) is 36.0 Å². The Morgan fingerprint density at radius 2 is 1.86 bits per heavy atom. The molecule has 1 heterocycles. The number of hydrogen-bond donors (Lipinski definition) is 1. The Labute approximate surface area is 136 Å². The Morgan fingerprint density at radius 3 is 2.38 bits per heavy atom. The van der Waals surface area contributed by atoms with Crippen LogP contribution in [0.15, 0.2) is 17.7 Å². The van der Waals surface area contributed by atoms with Crippen LogP contribution in [0, 0.1) is 0 Å². The van der Waals surface area contributed by atoms with Gasteiger partial charge < -0.3 is 4.74 Å². The highest BCUT2D eigenvalue weighted by atomic mass is 35.5. The average Bonchev–Trinajstić information content (AvgIpc) is 2.41. The highest BCUT2D eigenvalue weighted by Crippen LogP contribution is 2.34. The average molecular weight is 345 g/mol. The first-order valence-corrected chi connectivity index (χ1v) is 6.89. The molecule has 1 fully saturated rings. The lowest BCUT2D eigenvalue weighted by Crippen LogP contribution is -2.52. The SMILES string of the molecule is COc1c(Cl)cc(/C=C2\C(=O)NC(=S)N(C)C2=O)cc1Cl. The number of methoxy groups -OCH3 is 1. The summed E-state index contributed by atoms with van der Waals surface area (Å²) in [6, 6.07) is 3.10. The number of likely N-dealkylation sites (N-methyl/N-ethyl adjacent to an activating group) is 1. The van der Waals surface area contributed by atoms with Crippen LogP contribution >= 0.6 is 35.4 Å². The lowest BCUT2D eigenvalue weighted by atomic mass is 10.1. The van der Waals surface area contributed by atoms with Gasteiger partial charge >= 0.3 is 0 Å². The molecule has 1 aliphatic rings. The molecule has 1 aliphatic heterocycles. The van der Waals surface area contributed by atoms with Gasteiger partial charge in [0.1, 0.15) is 5.57 Å². The standard InChI is InChI=1S/C13H10Cl2N2O3S/c1-17-12(19)7(11(18)16-13(17)21)3-6-4-8(14)10(20-2)9(15)5-6/h3-5H,1-2H3,(H,16,18,21)/b7-3+. The minimum Gasteiger partial charge on any atom is -0.494 e. The molecule has 2 amide bonds. The molecule has 21 heavy (non-hydrogen) atoms. The van der Waals surface area contributed by atoms with Crippen LogP contribution in [0.1, 0.15) is 5.56 Å². The fourth-order valence-corrected chi connectivity index (χ4v) is 2.60. The number of halogens is 2. The third-order valence-corrected chi connectivity index (χ3v) is 3.78. The van der Waals surface area contributed by atoms with Crippen molar-refractivity contribution < 1.29 is 14.3 Å². The second-order valence-electron chi connectivity index (χ2n) is 4.20. The highest BCUT2D eigenvalue weighted by Gasteiger charge is 2.30. The molecule has 110 valence electrons. The number of amides is 2. The van der Waals surface area contributed by atoms with E-state index < -0.39 is 11.8 Å². The minimum absolute atomic E-state index is 0.0524. The summed E-state index contributed by atoms with van der Waals surface area (Å²) in [6.07, 6.45) is 1.40. The van der Waals surface area contributed by atoms with Crippen LogP contribution in [0.25, 0.3) is 6.08 Å². The van der Waals surface area contributed by atoms with Crippen molar-refractivity contribution in [2.75, 3.05) is 14.2 Å². The van der Waals surface area contributed by atoms with E-state index in [1.54, 1.807) is 12.1 Å². The number of nitrogens with zero attached hydrogens (tertiary/aromatic N) is 1. The Bertz CT molecular complexity index is 665. The van der Waals surface area contributed by atoms with Gasteiger partial charge in [0.2, 0.25) is 0 Å². The molecule has 8 heteroatoms. The summed E-state index contributed by atoms with van der Waals surface area (Å²) in [5, 5.41) is 3.05. The molecule has 0 aromatic heterocycles. The smallest absolute Gasteiger partial charge is 0.265 e. The van der Waals surface area contributed by atoms with Gasteiger partial charge in [-0.1, -0.05) is 23.2 Å². The normalized spacial score (nSPS) is 17.2. The fourth-order valence-electron chi connectivity index (χ4n) is 1.77. The number of nitrogens with one attached hydrogen (secondary N) is 1. The van der Waals surface area contributed by atoms with Crippen LogP contribution in [0.3, 0.4) is 0 Å². The molecule has 2 rings (SSSR count). The van der Waals surface area contributed by atoms with Crippen LogP contribution in [0.2, 0.25) is 10.0 Å². The summed E-state index contributed by atoms with van der Waals surface area (Å²) >= 11 is 16.9. The summed E-state index contributed by atoms with van der Waals surface area (Å²) in [4.78, 5) is 25.1. The van der Waals surface area contributed by atoms with Crippen LogP contribution < -0.4 is 10.1 Å². The van der Waals surface area contributed by atoms with Crippen molar-refractivity contribution in [1.29, 1.82) is 0 Å². The predicted octanol–water partition coefficient (Wildman–Crippen LogP) is 2.26. The van der Waals surface area contributed by atoms with E-state index in [1.807, 2.05) is 0 Å². The minimum atomic E-state index is -0.564. The summed E-state index contributed by atoms with van der Waals surface area (Å²) in [5.41, 5.74) is 0.453. The topological polar surface area (TPSA) is 58.6 Å². The molecule has 1 aromatic carbocycles. The van der Waals surface area contributed by atoms with Crippen molar-refractivity contribution in [3.05, 3.63) is 33.3 Å². The number of rotatable bonds is 2. The van der Waals surface area contributed by atoms with E-state index in [0.29, 0.717) is 11.3 Å². The van der Waals surface area contributed by atoms with E-state index in [4.69, 9.17) is 40.2 Å². The van der Waals surface area contributed by atoms with E-state index in [1.165, 1.54) is 25.1 Å². The van der Waals surface area contributed by atoms with Crippen LogP contribution in [0.5, 0.6) is 5.75 Å². The molecule has 0 bridgehead atoms. The van der Waals surface area contributed by atoms with Crippen molar-refractivity contribution >= 4 is 58.4 Å². The predicted molar refractivity (Wildman–Crippen MR) is 84.5 cm³/mol. The maximum absolute atomic E-state index is 12.1. The molecule has 1 saturated heterocycles. The Kier molecular flexibility index (Phi) is 4.51. The third-order valence-electron chi connectivity index (χ3n) is 2.84. The summed E-state index contributed by atoms with van der Waals surface area (Å²) in [5.74, 6) is -0.726. The van der Waals surface area contributed by atoms with E-state index in [0.717, 1.165) is 0 Å². The number of carbonyl (C=O) groups excluding carboxylic acids is 2. The van der Waals surface area contributed by atoms with Gasteiger partial charge in [-0.05, 0) is 36.0 Å². The number of ether oxygens (including phenoxy) is 1. The van der Waals surface area contributed by atoms with Gasteiger partial charge in [-0.15, -0.1) is 0 Å². The molecular formula is C13H10Cl2N2O3S. The van der Waals surface area contributed by atoms with Crippen LogP contribution in [0.4, 0.5) is 0 Å². The van der Waals surface area contributed by atoms with Gasteiger partial charge in [0.25, 0.3) is 11.8 Å². The molecule has 0 spiro atoms. The molecule has 0 radical (unpaired) electrons. The van der Waals surface area contributed by atoms with Crippen molar-refractivity contribution in [2.24, 2.45) is 0 Å². The van der Waals surface area contributed by atoms with Crippen molar-refractivity contribution in [3.63, 3.8) is 0 Å². The Morgan fingerprint density at radius 1 is 1.29 bits per heavy atom. The molecule has 0 atom stereocenters. The quantitative estimate of drug-likeness (QED) is 0.508. The van der Waals surface area contributed by atoms with Gasteiger partial charge in [0.05, 0.1) is 17.2 Å². The fraction of sp³-hybridized carbons (Fsp3) is 0.154. The van der Waals surface area contributed by atoms with Crippen molar-refractivity contribution in [1.82, 2.24) is 10.2 Å². The zero-order chi connectivity index (χ0) is 15.7. The van der Waals surface area contributed by atoms with Crippen LogP contribution in [-0.2, 0) is 9.59 Å². The largest absolute Gasteiger partial charge is 0.494 e. The molecule has 5 nitrogen and oxygen atoms in total. The van der Waals surface area contributed by atoms with Gasteiger partial charge in [0, 0.05) is 7.05 Å². The Balaban J connectivity index is 2.46. The first-order valence-electron chi connectivity index (χ1n) is 5.73. The maximum Gasteiger partial charge on any atom is 0.265 e. The number of hydrogen-bond acceptors (Lipinski definition) is 4. The van der Waals surface area contributed by atoms with E-state index in [2.05, 4.69) is 5.32 Å². The maximum atomic E-state index is 12.1. The first-order chi connectivity index (χ1) is 9.85. The van der Waals surface area contributed by atoms with Gasteiger partial charge in [0.15, 0.2) is 10.9 Å². The van der Waals surface area contributed by atoms with Crippen molar-refractivity contribution in [2.45, 2.75) is 0 Å². The molecule has 0 saturated carbocycles. The first kappa shape index (κ1) is 15.8. The lowest BCUT2D eigenvalue weighted by Gasteiger charge is -2.25. The van der Waals surface area contributed by atoms with E-state index >= 15 is 0 Å². The summed E-state index contributed by atoms with van der Waals surface area (Å²) < 4.78 is 5.04. The number of benzene rings is 1. The molecular weight excluding hydrogens is 335 g/mol. The second kappa shape index (κ2) is 6.01. The number of carbonyl (C=O) groups is 2. The third kappa shape index (κ3) is 3.02. The van der Waals surface area contributed by atoms with E-state index in [-0.39, 0.29) is 20.7 Å². The lowest BCUT2D eigenvalue weighted by molar-refractivity contribution is -0.128. The molecule has 0 aliphatic carbocycles. The van der Waals surface area contributed by atoms with Gasteiger partial charge in [-0.2, -0.15) is 0 Å². The molecule has 0 unspecified atom stereocenters. The zero-order valence-electron chi connectivity index (χ0n) is 11.1. The van der Waals surface area contributed by atoms with Gasteiger partial charge in [-0.3, -0.25) is 19.8 Å². The summed E-state index contributed by atoms with van der Waals surface area (Å²) in [7, 11) is 2.92. The monoisotopic (exact) mass is 344 g/mol. The highest BCUT2D eigenvalue weighted by molar-refractivity contribution is 7.80. The molecule has 1 N–H and O–H groups in total. The van der Waals surface area contributed by atoms with E-state index in [9.17, 15) is 9.59 Å². The Hall–Kier alpha value is -1.63.